The molecule has 41 heavy (non-hydrogen) atoms. The molecule has 1 N–H and O–H groups in total. The van der Waals surface area contributed by atoms with Gasteiger partial charge in [-0.05, 0) is 66.2 Å². The van der Waals surface area contributed by atoms with Crippen LogP contribution in [0.1, 0.15) is 32.1 Å². The van der Waals surface area contributed by atoms with Gasteiger partial charge in [-0.2, -0.15) is 0 Å². The van der Waals surface area contributed by atoms with E-state index in [1.54, 1.807) is 59.2 Å². The number of benzene rings is 3. The molecule has 3 heterocycles. The fourth-order valence-corrected chi connectivity index (χ4v) is 5.34. The molecule has 1 aliphatic heterocycles. The minimum absolute atomic E-state index is 0.0568. The third-order valence-electron chi connectivity index (χ3n) is 7.15. The number of fused-ring (bicyclic) bond motifs is 2. The number of methoxy groups -OCH3 is 1. The molecule has 3 aromatic carbocycles. The second-order valence-corrected chi connectivity index (χ2v) is 10.4. The van der Waals surface area contributed by atoms with E-state index in [1.807, 2.05) is 24.3 Å². The third kappa shape index (κ3) is 4.98. The smallest absolute Gasteiger partial charge is 0.333 e. The van der Waals surface area contributed by atoms with Crippen LogP contribution in [0.5, 0.6) is 5.75 Å². The number of amides is 2. The second-order valence-electron chi connectivity index (χ2n) is 9.59. The molecule has 11 heteroatoms. The molecule has 0 atom stereocenters. The topological polar surface area (TPSA) is 98.7 Å². The van der Waals surface area contributed by atoms with Crippen molar-refractivity contribution in [1.82, 2.24) is 19.4 Å². The fourth-order valence-electron chi connectivity index (χ4n) is 5.04. The maximum Gasteiger partial charge on any atom is 0.333 e. The highest BCUT2D eigenvalue weighted by atomic mass is 35.5. The van der Waals surface area contributed by atoms with E-state index in [4.69, 9.17) is 32.4 Å². The number of halogens is 2. The van der Waals surface area contributed by atoms with Crippen molar-refractivity contribution < 1.29 is 18.7 Å². The van der Waals surface area contributed by atoms with Gasteiger partial charge in [0.1, 0.15) is 17.0 Å². The van der Waals surface area contributed by atoms with E-state index in [2.05, 4.69) is 5.32 Å². The zero-order chi connectivity index (χ0) is 28.7. The summed E-state index contributed by atoms with van der Waals surface area (Å²) in [6, 6.07) is 19.1. The van der Waals surface area contributed by atoms with Gasteiger partial charge in [0.2, 0.25) is 0 Å². The molecule has 0 spiro atoms. The van der Waals surface area contributed by atoms with Crippen LogP contribution in [0.4, 0.5) is 0 Å². The van der Waals surface area contributed by atoms with E-state index in [0.717, 1.165) is 16.5 Å². The molecule has 0 saturated heterocycles. The molecule has 0 fully saturated rings. The Kier molecular flexibility index (Phi) is 7.07. The minimum atomic E-state index is -0.442. The number of ether oxygens (including phenoxy) is 1. The summed E-state index contributed by atoms with van der Waals surface area (Å²) < 4.78 is 13.6. The Bertz CT molecular complexity index is 1860. The van der Waals surface area contributed by atoms with Gasteiger partial charge in [-0.1, -0.05) is 29.3 Å². The van der Waals surface area contributed by atoms with E-state index < -0.39 is 5.91 Å². The van der Waals surface area contributed by atoms with Crippen LogP contribution in [0.2, 0.25) is 10.0 Å². The van der Waals surface area contributed by atoms with Crippen LogP contribution >= 0.6 is 23.2 Å². The minimum Gasteiger partial charge on any atom is -0.497 e. The number of hydrogen-bond donors (Lipinski definition) is 1. The normalized spacial score (nSPS) is 12.8. The second kappa shape index (κ2) is 10.8. The highest BCUT2D eigenvalue weighted by Crippen LogP contribution is 2.26. The molecule has 6 rings (SSSR count). The van der Waals surface area contributed by atoms with Crippen LogP contribution < -0.4 is 15.7 Å². The van der Waals surface area contributed by atoms with Gasteiger partial charge < -0.3 is 19.4 Å². The molecule has 0 bridgehead atoms. The summed E-state index contributed by atoms with van der Waals surface area (Å²) in [5, 5.41) is 4.49. The average Bonchev–Trinajstić information content (AvgIpc) is 3.58. The van der Waals surface area contributed by atoms with Crippen LogP contribution in [0.15, 0.2) is 82.2 Å². The number of nitrogens with one attached hydrogen (secondary N) is 1. The maximum atomic E-state index is 13.8. The van der Waals surface area contributed by atoms with Gasteiger partial charge in [0.05, 0.1) is 41.3 Å². The van der Waals surface area contributed by atoms with Crippen molar-refractivity contribution in [3.05, 3.63) is 116 Å². The van der Waals surface area contributed by atoms with Crippen molar-refractivity contribution in [2.45, 2.75) is 19.6 Å². The summed E-state index contributed by atoms with van der Waals surface area (Å²) in [6.07, 6.45) is 1.61. The van der Waals surface area contributed by atoms with Crippen molar-refractivity contribution in [3.63, 3.8) is 0 Å². The van der Waals surface area contributed by atoms with Crippen LogP contribution in [0.25, 0.3) is 16.7 Å². The molecule has 0 aliphatic carbocycles. The Hall–Kier alpha value is -4.47. The summed E-state index contributed by atoms with van der Waals surface area (Å²) in [5.74, 6) is -0.105. The van der Waals surface area contributed by atoms with Crippen LogP contribution in [0.3, 0.4) is 0 Å². The molecule has 0 radical (unpaired) electrons. The van der Waals surface area contributed by atoms with Gasteiger partial charge >= 0.3 is 5.69 Å². The number of carbonyl (C=O) groups excluding carboxylic acids is 2. The summed E-state index contributed by atoms with van der Waals surface area (Å²) in [6.45, 7) is 0.792. The fraction of sp³-hybridized carbons (Fsp3) is 0.167. The largest absolute Gasteiger partial charge is 0.497 e. The van der Waals surface area contributed by atoms with Gasteiger partial charge in [-0.3, -0.25) is 18.7 Å². The zero-order valence-electron chi connectivity index (χ0n) is 21.9. The lowest BCUT2D eigenvalue weighted by molar-refractivity contribution is 0.0706. The molecular formula is C30H24Cl2N4O5. The van der Waals surface area contributed by atoms with Gasteiger partial charge in [0, 0.05) is 30.6 Å². The molecule has 1 aliphatic rings. The molecular weight excluding hydrogens is 567 g/mol. The van der Waals surface area contributed by atoms with Crippen molar-refractivity contribution in [3.8, 4) is 11.4 Å². The van der Waals surface area contributed by atoms with E-state index in [0.29, 0.717) is 27.7 Å². The first-order chi connectivity index (χ1) is 19.8. The van der Waals surface area contributed by atoms with Gasteiger partial charge in [0.15, 0.2) is 0 Å². The van der Waals surface area contributed by atoms with Crippen molar-refractivity contribution in [2.75, 3.05) is 13.7 Å². The van der Waals surface area contributed by atoms with Crippen molar-refractivity contribution in [1.29, 1.82) is 0 Å². The van der Waals surface area contributed by atoms with Crippen LogP contribution in [-0.4, -0.2) is 39.5 Å². The maximum absolute atomic E-state index is 13.8. The molecule has 2 amide bonds. The number of nitrogens with zero attached hydrogens (tertiary/aromatic N) is 3. The summed E-state index contributed by atoms with van der Waals surface area (Å²) >= 11 is 12.2. The summed E-state index contributed by atoms with van der Waals surface area (Å²) in [7, 11) is 1.55. The highest BCUT2D eigenvalue weighted by Gasteiger charge is 2.32. The lowest BCUT2D eigenvalue weighted by Crippen LogP contribution is -2.41. The Morgan fingerprint density at radius 2 is 1.78 bits per heavy atom. The van der Waals surface area contributed by atoms with Crippen LogP contribution in [-0.2, 0) is 19.6 Å². The lowest BCUT2D eigenvalue weighted by Gasteiger charge is -2.28. The predicted octanol–water partition coefficient (Wildman–Crippen LogP) is 5.29. The van der Waals surface area contributed by atoms with Crippen LogP contribution in [0, 0.1) is 0 Å². The molecule has 5 aromatic rings. The standard InChI is InChI=1S/C30H24Cl2N4O5/c1-40-22-6-4-21(5-7-22)36-27(28(37)33-16-18-2-9-26-19(14-18)10-13-41-26)25-17-34(11-12-35(25)30(36)39)29(38)20-3-8-23(31)24(32)15-20/h2-10,13-15H,11-12,16-17H2,1H3,(H,33,37). The highest BCUT2D eigenvalue weighted by molar-refractivity contribution is 6.42. The number of rotatable bonds is 6. The number of imidazole rings is 1. The number of carbonyl (C=O) groups is 2. The first-order valence-corrected chi connectivity index (χ1v) is 13.6. The number of aromatic nitrogens is 2. The first kappa shape index (κ1) is 26.7. The Labute approximate surface area is 244 Å². The monoisotopic (exact) mass is 590 g/mol. The number of hydrogen-bond acceptors (Lipinski definition) is 5. The summed E-state index contributed by atoms with van der Waals surface area (Å²) in [4.78, 5) is 42.5. The zero-order valence-corrected chi connectivity index (χ0v) is 23.4. The van der Waals surface area contributed by atoms with E-state index in [1.165, 1.54) is 10.6 Å². The summed E-state index contributed by atoms with van der Waals surface area (Å²) in [5.41, 5.74) is 2.73. The Morgan fingerprint density at radius 1 is 0.976 bits per heavy atom. The number of furan rings is 1. The quantitative estimate of drug-likeness (QED) is 0.290. The Balaban J connectivity index is 1.36. The predicted molar refractivity (Wildman–Crippen MR) is 155 cm³/mol. The third-order valence-corrected chi connectivity index (χ3v) is 7.89. The molecule has 208 valence electrons. The molecule has 2 aromatic heterocycles. The van der Waals surface area contributed by atoms with Gasteiger partial charge in [0.25, 0.3) is 11.8 Å². The van der Waals surface area contributed by atoms with Crippen molar-refractivity contribution in [2.24, 2.45) is 0 Å². The van der Waals surface area contributed by atoms with Gasteiger partial charge in [-0.25, -0.2) is 4.79 Å². The van der Waals surface area contributed by atoms with Crippen molar-refractivity contribution >= 4 is 46.0 Å². The lowest BCUT2D eigenvalue weighted by atomic mass is 10.1. The van der Waals surface area contributed by atoms with E-state index in [9.17, 15) is 14.4 Å². The van der Waals surface area contributed by atoms with E-state index in [-0.39, 0.29) is 48.5 Å². The molecule has 0 saturated carbocycles. The molecule has 0 unspecified atom stereocenters. The van der Waals surface area contributed by atoms with Gasteiger partial charge in [-0.15, -0.1) is 0 Å². The average molecular weight is 591 g/mol. The van der Waals surface area contributed by atoms with E-state index >= 15 is 0 Å². The Morgan fingerprint density at radius 3 is 2.54 bits per heavy atom. The molecule has 9 nitrogen and oxygen atoms in total. The first-order valence-electron chi connectivity index (χ1n) is 12.8. The SMILES string of the molecule is COc1ccc(-n2c(C(=O)NCc3ccc4occc4c3)c3n(c2=O)CCN(C(=O)c2ccc(Cl)c(Cl)c2)C3)cc1.